The van der Waals surface area contributed by atoms with Crippen LogP contribution in [-0.2, 0) is 13.7 Å². The Hall–Kier alpha value is -2.46. The van der Waals surface area contributed by atoms with E-state index < -0.39 is 16.0 Å². The maximum Gasteiger partial charge on any atom is 0.339 e. The molecule has 9 nitrogen and oxygen atoms in total. The van der Waals surface area contributed by atoms with Gasteiger partial charge in [-0.2, -0.15) is 4.98 Å². The summed E-state index contributed by atoms with van der Waals surface area (Å²) in [6, 6.07) is 4.22. The monoisotopic (exact) mass is 310 g/mol. The predicted molar refractivity (Wildman–Crippen MR) is 73.2 cm³/mol. The first kappa shape index (κ1) is 14.9. The quantitative estimate of drug-likeness (QED) is 0.462. The van der Waals surface area contributed by atoms with Gasteiger partial charge < -0.3 is 5.11 Å². The van der Waals surface area contributed by atoms with Crippen molar-refractivity contribution in [3.05, 3.63) is 54.6 Å². The number of nitrogens with one attached hydrogen (secondary N) is 1. The second-order valence-electron chi connectivity index (χ2n) is 4.02. The average Bonchev–Trinajstić information content (AvgIpc) is 2.44. The van der Waals surface area contributed by atoms with Crippen molar-refractivity contribution in [1.29, 1.82) is 0 Å². The molecular formula is C11H10N4O5S. The van der Waals surface area contributed by atoms with Gasteiger partial charge in [0, 0.05) is 13.1 Å². The van der Waals surface area contributed by atoms with E-state index in [1.165, 1.54) is 29.9 Å². The van der Waals surface area contributed by atoms with Crippen molar-refractivity contribution in [3.8, 4) is 0 Å². The first-order chi connectivity index (χ1) is 9.92. The number of H-pyrrole nitrogens is 1. The van der Waals surface area contributed by atoms with Crippen molar-refractivity contribution in [2.24, 2.45) is 7.05 Å². The summed E-state index contributed by atoms with van der Waals surface area (Å²) in [6.45, 7) is -0.318. The van der Waals surface area contributed by atoms with Crippen LogP contribution in [0, 0.1) is 10.1 Å². The first-order valence-electron chi connectivity index (χ1n) is 5.65. The zero-order valence-electron chi connectivity index (χ0n) is 10.8. The Morgan fingerprint density at radius 1 is 1.48 bits per heavy atom. The van der Waals surface area contributed by atoms with Gasteiger partial charge >= 0.3 is 11.1 Å². The van der Waals surface area contributed by atoms with Gasteiger partial charge in [-0.3, -0.25) is 29.5 Å². The Kier molecular flexibility index (Phi) is 4.19. The highest BCUT2D eigenvalue weighted by Crippen LogP contribution is 2.33. The molecule has 1 heterocycles. The third-order valence-electron chi connectivity index (χ3n) is 2.55. The van der Waals surface area contributed by atoms with Gasteiger partial charge in [-0.05, 0) is 23.4 Å². The minimum atomic E-state index is -0.967. The van der Waals surface area contributed by atoms with Crippen molar-refractivity contribution in [2.75, 3.05) is 0 Å². The molecule has 2 rings (SSSR count). The van der Waals surface area contributed by atoms with Crippen LogP contribution in [0.1, 0.15) is 5.56 Å². The molecule has 0 aliphatic heterocycles. The molecule has 0 saturated heterocycles. The zero-order valence-corrected chi connectivity index (χ0v) is 11.6. The summed E-state index contributed by atoms with van der Waals surface area (Å²) in [7, 11) is 1.46. The molecule has 21 heavy (non-hydrogen) atoms. The smallest absolute Gasteiger partial charge is 0.339 e. The first-order valence-corrected chi connectivity index (χ1v) is 6.47. The van der Waals surface area contributed by atoms with Crippen LogP contribution >= 0.6 is 11.8 Å². The molecule has 10 heteroatoms. The number of nitro groups is 1. The number of aromatic amines is 1. The van der Waals surface area contributed by atoms with Crippen LogP contribution in [0.15, 0.2) is 37.8 Å². The molecule has 0 unspecified atom stereocenters. The summed E-state index contributed by atoms with van der Waals surface area (Å²) in [5, 5.41) is 22.4. The fraction of sp³-hybridized carbons (Fsp3) is 0.182. The number of nitro benzene ring substituents is 1. The van der Waals surface area contributed by atoms with Crippen LogP contribution in [0.25, 0.3) is 0 Å². The number of benzene rings is 1. The third kappa shape index (κ3) is 3.17. The molecule has 0 aliphatic rings. The van der Waals surface area contributed by atoms with E-state index in [4.69, 9.17) is 5.11 Å². The van der Waals surface area contributed by atoms with E-state index in [1.54, 1.807) is 0 Å². The Balaban J connectivity index is 2.49. The van der Waals surface area contributed by atoms with E-state index in [1.807, 2.05) is 0 Å². The summed E-state index contributed by atoms with van der Waals surface area (Å²) in [5.74, 6) is 0. The molecule has 0 radical (unpaired) electrons. The van der Waals surface area contributed by atoms with Crippen molar-refractivity contribution >= 4 is 17.4 Å². The Morgan fingerprint density at radius 2 is 2.19 bits per heavy atom. The number of hydrogen-bond donors (Lipinski definition) is 2. The van der Waals surface area contributed by atoms with E-state index in [9.17, 15) is 19.7 Å². The van der Waals surface area contributed by atoms with E-state index in [-0.39, 0.29) is 22.3 Å². The van der Waals surface area contributed by atoms with E-state index >= 15 is 0 Å². The summed E-state index contributed by atoms with van der Waals surface area (Å²) < 4.78 is 1.21. The Morgan fingerprint density at radius 3 is 2.81 bits per heavy atom. The Labute approximate surface area is 121 Å². The zero-order chi connectivity index (χ0) is 15.6. The lowest BCUT2D eigenvalue weighted by Gasteiger charge is -2.07. The van der Waals surface area contributed by atoms with E-state index in [0.717, 1.165) is 11.8 Å². The second kappa shape index (κ2) is 5.89. The normalized spacial score (nSPS) is 10.6. The number of hydrogen-bond acceptors (Lipinski definition) is 7. The highest BCUT2D eigenvalue weighted by atomic mass is 32.2. The van der Waals surface area contributed by atoms with Gasteiger partial charge in [-0.15, -0.1) is 0 Å². The van der Waals surface area contributed by atoms with Crippen molar-refractivity contribution in [2.45, 2.75) is 16.7 Å². The summed E-state index contributed by atoms with van der Waals surface area (Å²) in [4.78, 5) is 36.6. The van der Waals surface area contributed by atoms with Crippen LogP contribution in [0.4, 0.5) is 5.69 Å². The highest BCUT2D eigenvalue weighted by Gasteiger charge is 2.17. The summed E-state index contributed by atoms with van der Waals surface area (Å²) in [5.41, 5.74) is -1.65. The molecule has 0 fully saturated rings. The lowest BCUT2D eigenvalue weighted by molar-refractivity contribution is -0.387. The summed E-state index contributed by atoms with van der Waals surface area (Å²) >= 11 is 0.870. The lowest BCUT2D eigenvalue weighted by atomic mass is 10.2. The van der Waals surface area contributed by atoms with Gasteiger partial charge in [0.2, 0.25) is 0 Å². The second-order valence-corrected chi connectivity index (χ2v) is 5.03. The molecule has 0 amide bonds. The number of aryl methyl sites for hydroxylation is 1. The SMILES string of the molecule is Cn1[nH]c(=O)c(=O)nc1Sc1ccc(CO)cc1[N+](=O)[O-]. The minimum Gasteiger partial charge on any atom is -0.392 e. The molecule has 0 aliphatic carbocycles. The fourth-order valence-electron chi connectivity index (χ4n) is 1.54. The molecule has 1 aromatic heterocycles. The van der Waals surface area contributed by atoms with Gasteiger partial charge in [0.25, 0.3) is 5.69 Å². The van der Waals surface area contributed by atoms with Crippen molar-refractivity contribution < 1.29 is 10.0 Å². The van der Waals surface area contributed by atoms with Crippen LogP contribution in [0.2, 0.25) is 0 Å². The molecule has 2 N–H and O–H groups in total. The molecule has 0 atom stereocenters. The number of rotatable bonds is 4. The van der Waals surface area contributed by atoms with Crippen LogP contribution in [-0.4, -0.2) is 24.8 Å². The average molecular weight is 310 g/mol. The standard InChI is InChI=1S/C11H10N4O5S/c1-14-11(12-9(17)10(18)13-14)21-8-3-2-6(5-16)4-7(8)15(19)20/h2-4,16H,5H2,1H3,(H,13,18). The van der Waals surface area contributed by atoms with Gasteiger partial charge in [0.15, 0.2) is 5.16 Å². The van der Waals surface area contributed by atoms with Gasteiger partial charge in [0.05, 0.1) is 16.4 Å². The van der Waals surface area contributed by atoms with Gasteiger partial charge in [0.1, 0.15) is 0 Å². The maximum absolute atomic E-state index is 11.3. The van der Waals surface area contributed by atoms with E-state index in [2.05, 4.69) is 10.1 Å². The molecule has 110 valence electrons. The maximum atomic E-state index is 11.3. The van der Waals surface area contributed by atoms with Crippen molar-refractivity contribution in [3.63, 3.8) is 0 Å². The van der Waals surface area contributed by atoms with Gasteiger partial charge in [-0.1, -0.05) is 6.07 Å². The topological polar surface area (TPSA) is 131 Å². The minimum absolute atomic E-state index is 0.111. The van der Waals surface area contributed by atoms with Crippen molar-refractivity contribution in [1.82, 2.24) is 14.8 Å². The van der Waals surface area contributed by atoms with Crippen LogP contribution in [0.3, 0.4) is 0 Å². The molecular weight excluding hydrogens is 300 g/mol. The number of aliphatic hydroxyl groups is 1. The van der Waals surface area contributed by atoms with E-state index in [0.29, 0.717) is 5.56 Å². The largest absolute Gasteiger partial charge is 0.392 e. The molecule has 0 spiro atoms. The number of nitrogens with zero attached hydrogens (tertiary/aromatic N) is 3. The highest BCUT2D eigenvalue weighted by molar-refractivity contribution is 7.99. The fourth-order valence-corrected chi connectivity index (χ4v) is 2.42. The molecule has 0 saturated carbocycles. The molecule has 1 aromatic carbocycles. The third-order valence-corrected chi connectivity index (χ3v) is 3.66. The molecule has 0 bridgehead atoms. The van der Waals surface area contributed by atoms with Gasteiger partial charge in [-0.25, -0.2) is 0 Å². The predicted octanol–water partition coefficient (Wildman–Crippen LogP) is 0.0203. The Bertz CT molecular complexity index is 813. The summed E-state index contributed by atoms with van der Waals surface area (Å²) in [6.07, 6.45) is 0. The van der Waals surface area contributed by atoms with Crippen LogP contribution < -0.4 is 11.1 Å². The van der Waals surface area contributed by atoms with Crippen LogP contribution in [0.5, 0.6) is 0 Å². The lowest BCUT2D eigenvalue weighted by Crippen LogP contribution is -2.33. The number of aromatic nitrogens is 3. The number of aliphatic hydroxyl groups excluding tert-OH is 1. The molecule has 2 aromatic rings.